The Hall–Kier alpha value is -2.37. The highest BCUT2D eigenvalue weighted by atomic mass is 16.2. The predicted molar refractivity (Wildman–Crippen MR) is 71.2 cm³/mol. The Kier molecular flexibility index (Phi) is 2.19. The summed E-state index contributed by atoms with van der Waals surface area (Å²) in [5.74, 6) is 0.0635. The van der Waals surface area contributed by atoms with Gasteiger partial charge in [0, 0.05) is 6.42 Å². The normalized spacial score (nSPS) is 23.9. The molecule has 2 atom stereocenters. The van der Waals surface area contributed by atoms with Crippen molar-refractivity contribution in [2.24, 2.45) is 0 Å². The SMILES string of the molecule is O=C1CC2CCC1n1c(=O)n(-c3ccccc3)c(=O)n12. The van der Waals surface area contributed by atoms with E-state index >= 15 is 0 Å². The molecule has 102 valence electrons. The zero-order valence-electron chi connectivity index (χ0n) is 10.7. The van der Waals surface area contributed by atoms with Crippen molar-refractivity contribution in [2.45, 2.75) is 31.3 Å². The van der Waals surface area contributed by atoms with E-state index in [0.717, 1.165) is 11.0 Å². The van der Waals surface area contributed by atoms with Gasteiger partial charge in [0.15, 0.2) is 5.78 Å². The molecule has 0 spiro atoms. The summed E-state index contributed by atoms with van der Waals surface area (Å²) in [6.07, 6.45) is 1.80. The fourth-order valence-corrected chi connectivity index (χ4v) is 3.33. The summed E-state index contributed by atoms with van der Waals surface area (Å²) in [6.45, 7) is 0. The smallest absolute Gasteiger partial charge is 0.297 e. The Labute approximate surface area is 113 Å². The van der Waals surface area contributed by atoms with E-state index < -0.39 is 11.7 Å². The second kappa shape index (κ2) is 3.82. The third kappa shape index (κ3) is 1.31. The zero-order chi connectivity index (χ0) is 13.9. The number of nitrogens with zero attached hydrogens (tertiary/aromatic N) is 3. The van der Waals surface area contributed by atoms with E-state index in [1.54, 1.807) is 24.3 Å². The molecule has 6 heteroatoms. The minimum absolute atomic E-state index is 0.0635. The number of aromatic nitrogens is 3. The molecule has 0 N–H and O–H groups in total. The summed E-state index contributed by atoms with van der Waals surface area (Å²) in [4.78, 5) is 37.0. The lowest BCUT2D eigenvalue weighted by Crippen LogP contribution is -2.46. The van der Waals surface area contributed by atoms with Gasteiger partial charge in [-0.25, -0.2) is 23.5 Å². The molecule has 1 fully saturated rings. The maximum atomic E-state index is 12.5. The quantitative estimate of drug-likeness (QED) is 0.765. The van der Waals surface area contributed by atoms with Gasteiger partial charge in [-0.1, -0.05) is 18.2 Å². The van der Waals surface area contributed by atoms with Gasteiger partial charge in [-0.15, -0.1) is 0 Å². The summed E-state index contributed by atoms with van der Waals surface area (Å²) in [7, 11) is 0. The highest BCUT2D eigenvalue weighted by Gasteiger charge is 2.42. The van der Waals surface area contributed by atoms with Crippen LogP contribution in [0.15, 0.2) is 39.9 Å². The van der Waals surface area contributed by atoms with Crippen LogP contribution in [0.3, 0.4) is 0 Å². The first-order chi connectivity index (χ1) is 9.68. The van der Waals surface area contributed by atoms with Gasteiger partial charge in [0.05, 0.1) is 11.7 Å². The van der Waals surface area contributed by atoms with Gasteiger partial charge in [0.25, 0.3) is 0 Å². The number of carbonyl (C=O) groups is 1. The van der Waals surface area contributed by atoms with Crippen molar-refractivity contribution in [3.63, 3.8) is 0 Å². The van der Waals surface area contributed by atoms with Gasteiger partial charge in [0.1, 0.15) is 6.04 Å². The zero-order valence-corrected chi connectivity index (χ0v) is 10.7. The first kappa shape index (κ1) is 11.5. The average molecular weight is 271 g/mol. The Morgan fingerprint density at radius 1 is 0.900 bits per heavy atom. The number of hydrogen-bond donors (Lipinski definition) is 0. The van der Waals surface area contributed by atoms with Crippen molar-refractivity contribution in [2.75, 3.05) is 0 Å². The Morgan fingerprint density at radius 3 is 2.30 bits per heavy atom. The summed E-state index contributed by atoms with van der Waals surface area (Å²) in [5.41, 5.74) is -0.212. The first-order valence-electron chi connectivity index (χ1n) is 6.72. The molecule has 2 unspecified atom stereocenters. The maximum Gasteiger partial charge on any atom is 0.352 e. The summed E-state index contributed by atoms with van der Waals surface area (Å²) >= 11 is 0. The van der Waals surface area contributed by atoms with E-state index in [9.17, 15) is 14.4 Å². The highest BCUT2D eigenvalue weighted by molar-refractivity contribution is 5.84. The molecule has 1 aromatic heterocycles. The molecular formula is C14H13N3O3. The lowest BCUT2D eigenvalue weighted by Gasteiger charge is -2.36. The molecule has 0 amide bonds. The average Bonchev–Trinajstić information content (AvgIpc) is 2.74. The van der Waals surface area contributed by atoms with Crippen LogP contribution in [-0.4, -0.2) is 19.7 Å². The van der Waals surface area contributed by atoms with Gasteiger partial charge in [-0.05, 0) is 25.0 Å². The molecule has 3 aliphatic rings. The minimum Gasteiger partial charge on any atom is -0.297 e. The largest absolute Gasteiger partial charge is 0.352 e. The number of ketones is 1. The van der Waals surface area contributed by atoms with E-state index in [4.69, 9.17) is 0 Å². The van der Waals surface area contributed by atoms with E-state index in [2.05, 4.69) is 0 Å². The van der Waals surface area contributed by atoms with Crippen LogP contribution in [-0.2, 0) is 4.79 Å². The molecule has 5 rings (SSSR count). The molecule has 0 saturated heterocycles. The molecule has 2 aromatic rings. The number of carbonyl (C=O) groups excluding carboxylic acids is 1. The fourth-order valence-electron chi connectivity index (χ4n) is 3.33. The van der Waals surface area contributed by atoms with E-state index in [-0.39, 0.29) is 17.5 Å². The number of para-hydroxylation sites is 1. The van der Waals surface area contributed by atoms with Crippen LogP contribution in [0.4, 0.5) is 0 Å². The topological polar surface area (TPSA) is 66.0 Å². The monoisotopic (exact) mass is 271 g/mol. The highest BCUT2D eigenvalue weighted by Crippen LogP contribution is 2.36. The molecule has 1 aromatic carbocycles. The third-order valence-electron chi connectivity index (χ3n) is 4.24. The lowest BCUT2D eigenvalue weighted by atomic mass is 9.88. The molecular weight excluding hydrogens is 258 g/mol. The van der Waals surface area contributed by atoms with Crippen molar-refractivity contribution in [3.05, 3.63) is 51.3 Å². The van der Waals surface area contributed by atoms with Crippen molar-refractivity contribution in [1.29, 1.82) is 0 Å². The number of fused-ring (bicyclic) bond motifs is 2. The second-order valence-electron chi connectivity index (χ2n) is 5.34. The van der Waals surface area contributed by atoms with Crippen LogP contribution < -0.4 is 11.4 Å². The maximum absolute atomic E-state index is 12.5. The van der Waals surface area contributed by atoms with Gasteiger partial charge >= 0.3 is 11.4 Å². The molecule has 20 heavy (non-hydrogen) atoms. The molecule has 2 bridgehead atoms. The van der Waals surface area contributed by atoms with Crippen molar-refractivity contribution >= 4 is 5.78 Å². The number of hydrogen-bond acceptors (Lipinski definition) is 3. The number of benzene rings is 1. The standard InChI is InChI=1S/C14H13N3O3/c18-12-8-10-6-7-11(12)17-14(20)15(13(19)16(10)17)9-4-2-1-3-5-9/h1-5,10-11H,6-8H2. The van der Waals surface area contributed by atoms with Crippen molar-refractivity contribution in [1.82, 2.24) is 13.9 Å². The predicted octanol–water partition coefficient (Wildman–Crippen LogP) is 0.649. The van der Waals surface area contributed by atoms with E-state index in [1.165, 1.54) is 9.36 Å². The summed E-state index contributed by atoms with van der Waals surface area (Å²) in [6, 6.07) is 8.20. The van der Waals surface area contributed by atoms with Gasteiger partial charge in [-0.2, -0.15) is 0 Å². The molecule has 3 heterocycles. The van der Waals surface area contributed by atoms with Crippen LogP contribution in [0.1, 0.15) is 31.3 Å². The number of Topliss-reactive ketones (excluding diaryl/α,β-unsaturated/α-hetero) is 1. The lowest BCUT2D eigenvalue weighted by molar-refractivity contribution is -0.129. The van der Waals surface area contributed by atoms with Crippen LogP contribution >= 0.6 is 0 Å². The Morgan fingerprint density at radius 2 is 1.60 bits per heavy atom. The molecule has 1 saturated carbocycles. The first-order valence-corrected chi connectivity index (χ1v) is 6.72. The second-order valence-corrected chi connectivity index (χ2v) is 5.34. The van der Waals surface area contributed by atoms with Crippen molar-refractivity contribution in [3.8, 4) is 5.69 Å². The minimum atomic E-state index is -0.467. The molecule has 6 nitrogen and oxygen atoms in total. The van der Waals surface area contributed by atoms with Crippen molar-refractivity contribution < 1.29 is 4.79 Å². The van der Waals surface area contributed by atoms with Gasteiger partial charge < -0.3 is 0 Å². The fraction of sp³-hybridized carbons (Fsp3) is 0.357. The van der Waals surface area contributed by atoms with Gasteiger partial charge in [-0.3, -0.25) is 4.79 Å². The molecule has 2 aliphatic heterocycles. The van der Waals surface area contributed by atoms with Gasteiger partial charge in [0.2, 0.25) is 0 Å². The van der Waals surface area contributed by atoms with E-state index in [1.807, 2.05) is 6.07 Å². The van der Waals surface area contributed by atoms with Crippen LogP contribution in [0.5, 0.6) is 0 Å². The number of rotatable bonds is 1. The molecule has 0 radical (unpaired) electrons. The Bertz CT molecular complexity index is 812. The van der Waals surface area contributed by atoms with Crippen LogP contribution in [0.25, 0.3) is 5.69 Å². The van der Waals surface area contributed by atoms with Crippen LogP contribution in [0.2, 0.25) is 0 Å². The van der Waals surface area contributed by atoms with Crippen LogP contribution in [0, 0.1) is 0 Å². The van der Waals surface area contributed by atoms with E-state index in [0.29, 0.717) is 18.5 Å². The molecule has 1 aliphatic carbocycles. The summed E-state index contributed by atoms with van der Waals surface area (Å²) < 4.78 is 3.99. The summed E-state index contributed by atoms with van der Waals surface area (Å²) in [5, 5.41) is 0. The third-order valence-corrected chi connectivity index (χ3v) is 4.24. The Balaban J connectivity index is 2.05.